The molecule has 94 valence electrons. The van der Waals surface area contributed by atoms with Gasteiger partial charge in [0, 0.05) is 4.47 Å². The molecule has 2 aromatic rings. The lowest BCUT2D eigenvalue weighted by atomic mass is 10.3. The van der Waals surface area contributed by atoms with Crippen LogP contribution >= 0.6 is 62.3 Å². The fraction of sp³-hybridized carbons (Fsp3) is 0. The van der Waals surface area contributed by atoms with Crippen molar-refractivity contribution in [2.24, 2.45) is 0 Å². The van der Waals surface area contributed by atoms with Gasteiger partial charge in [-0.25, -0.2) is 4.98 Å². The number of nitrogens with zero attached hydrogens (tertiary/aromatic N) is 1. The largest absolute Gasteiger partial charge is 0.338 e. The van der Waals surface area contributed by atoms with Crippen LogP contribution < -0.4 is 5.32 Å². The molecule has 1 N–H and O–H groups in total. The number of anilines is 2. The number of hydrogen-bond acceptors (Lipinski definition) is 2. The van der Waals surface area contributed by atoms with Crippen molar-refractivity contribution in [3.05, 3.63) is 49.0 Å². The zero-order chi connectivity index (χ0) is 13.3. The van der Waals surface area contributed by atoms with Crippen LogP contribution in [0.3, 0.4) is 0 Å². The highest BCUT2D eigenvalue weighted by Crippen LogP contribution is 2.33. The minimum atomic E-state index is 0.178. The van der Waals surface area contributed by atoms with Gasteiger partial charge in [-0.1, -0.05) is 62.3 Å². The van der Waals surface area contributed by atoms with E-state index >= 15 is 0 Å². The standard InChI is InChI=1S/C11H5BrCl4N2/c12-5-1-2-9(6(13)3-5)17-11-8(15)4-7(14)10(16)18-11/h1-4H,(H,17,18). The van der Waals surface area contributed by atoms with E-state index in [4.69, 9.17) is 46.4 Å². The second-order valence-electron chi connectivity index (χ2n) is 3.34. The molecule has 0 saturated heterocycles. The first kappa shape index (κ1) is 14.2. The smallest absolute Gasteiger partial charge is 0.151 e. The van der Waals surface area contributed by atoms with Gasteiger partial charge in [0.25, 0.3) is 0 Å². The van der Waals surface area contributed by atoms with E-state index in [9.17, 15) is 0 Å². The summed E-state index contributed by atoms with van der Waals surface area (Å²) in [6.07, 6.45) is 0. The van der Waals surface area contributed by atoms with Gasteiger partial charge in [0.05, 0.1) is 20.8 Å². The summed E-state index contributed by atoms with van der Waals surface area (Å²) in [5, 5.41) is 4.37. The molecule has 0 unspecified atom stereocenters. The van der Waals surface area contributed by atoms with Crippen molar-refractivity contribution >= 4 is 73.8 Å². The van der Waals surface area contributed by atoms with Crippen LogP contribution in [-0.2, 0) is 0 Å². The third-order valence-electron chi connectivity index (χ3n) is 2.07. The van der Waals surface area contributed by atoms with E-state index in [1.54, 1.807) is 12.1 Å². The number of hydrogen-bond donors (Lipinski definition) is 1. The quantitative estimate of drug-likeness (QED) is 0.621. The number of rotatable bonds is 2. The van der Waals surface area contributed by atoms with Gasteiger partial charge in [-0.3, -0.25) is 0 Å². The lowest BCUT2D eigenvalue weighted by molar-refractivity contribution is 1.31. The van der Waals surface area contributed by atoms with Gasteiger partial charge in [0.2, 0.25) is 0 Å². The van der Waals surface area contributed by atoms with Crippen LogP contribution in [0.5, 0.6) is 0 Å². The van der Waals surface area contributed by atoms with Crippen molar-refractivity contribution in [1.29, 1.82) is 0 Å². The predicted molar refractivity (Wildman–Crippen MR) is 81.7 cm³/mol. The first-order chi connectivity index (χ1) is 8.47. The topological polar surface area (TPSA) is 24.9 Å². The molecule has 0 aliphatic rings. The highest BCUT2D eigenvalue weighted by atomic mass is 79.9. The van der Waals surface area contributed by atoms with Crippen molar-refractivity contribution in [1.82, 2.24) is 4.98 Å². The second-order valence-corrected chi connectivity index (χ2v) is 5.84. The predicted octanol–water partition coefficient (Wildman–Crippen LogP) is 6.20. The SMILES string of the molecule is Clc1cc(Br)ccc1Nc1nc(Cl)c(Cl)cc1Cl. The lowest BCUT2D eigenvalue weighted by Crippen LogP contribution is -1.96. The lowest BCUT2D eigenvalue weighted by Gasteiger charge is -2.10. The van der Waals surface area contributed by atoms with Crippen LogP contribution in [0.4, 0.5) is 11.5 Å². The third kappa shape index (κ3) is 3.22. The van der Waals surface area contributed by atoms with Gasteiger partial charge >= 0.3 is 0 Å². The molecule has 18 heavy (non-hydrogen) atoms. The number of nitrogens with one attached hydrogen (secondary N) is 1. The molecule has 7 heteroatoms. The average Bonchev–Trinajstić information content (AvgIpc) is 2.29. The van der Waals surface area contributed by atoms with Gasteiger partial charge < -0.3 is 5.32 Å². The molecule has 0 atom stereocenters. The Morgan fingerprint density at radius 3 is 2.33 bits per heavy atom. The number of halogens is 5. The molecule has 0 amide bonds. The van der Waals surface area contributed by atoms with Crippen molar-refractivity contribution in [2.45, 2.75) is 0 Å². The van der Waals surface area contributed by atoms with Crippen LogP contribution in [-0.4, -0.2) is 4.98 Å². The van der Waals surface area contributed by atoms with Crippen molar-refractivity contribution in [3.8, 4) is 0 Å². The van der Waals surface area contributed by atoms with Crippen molar-refractivity contribution < 1.29 is 0 Å². The molecule has 0 bridgehead atoms. The summed E-state index contributed by atoms with van der Waals surface area (Å²) in [5.41, 5.74) is 0.674. The molecule has 2 rings (SSSR count). The first-order valence-electron chi connectivity index (χ1n) is 4.71. The van der Waals surface area contributed by atoms with E-state index < -0.39 is 0 Å². The van der Waals surface area contributed by atoms with Crippen molar-refractivity contribution in [2.75, 3.05) is 5.32 Å². The summed E-state index contributed by atoms with van der Waals surface area (Å²) in [4.78, 5) is 4.05. The Hall–Kier alpha value is -0.190. The third-order valence-corrected chi connectivity index (χ3v) is 3.84. The Morgan fingerprint density at radius 2 is 1.67 bits per heavy atom. The highest BCUT2D eigenvalue weighted by molar-refractivity contribution is 9.10. The maximum absolute atomic E-state index is 6.08. The number of pyridine rings is 1. The molecule has 1 aromatic carbocycles. The van der Waals surface area contributed by atoms with E-state index in [0.717, 1.165) is 4.47 Å². The average molecular weight is 387 g/mol. The minimum absolute atomic E-state index is 0.178. The van der Waals surface area contributed by atoms with E-state index in [2.05, 4.69) is 26.2 Å². The van der Waals surface area contributed by atoms with Gasteiger partial charge in [-0.2, -0.15) is 0 Å². The Kier molecular flexibility index (Phi) is 4.62. The molecule has 0 spiro atoms. The molecular formula is C11H5BrCl4N2. The molecule has 0 aliphatic carbocycles. The Balaban J connectivity index is 2.37. The van der Waals surface area contributed by atoms with Crippen LogP contribution in [0, 0.1) is 0 Å². The molecule has 1 heterocycles. The molecule has 0 radical (unpaired) electrons. The minimum Gasteiger partial charge on any atom is -0.338 e. The van der Waals surface area contributed by atoms with E-state index in [-0.39, 0.29) is 5.15 Å². The Labute approximate surface area is 132 Å². The molecule has 0 saturated carbocycles. The van der Waals surface area contributed by atoms with Crippen molar-refractivity contribution in [3.63, 3.8) is 0 Å². The summed E-state index contributed by atoms with van der Waals surface area (Å²) >= 11 is 27.1. The van der Waals surface area contributed by atoms with Gasteiger partial charge in [0.15, 0.2) is 5.82 Å². The maximum atomic E-state index is 6.08. The maximum Gasteiger partial charge on any atom is 0.151 e. The van der Waals surface area contributed by atoms with Gasteiger partial charge in [0.1, 0.15) is 5.15 Å². The molecule has 0 aliphatic heterocycles. The summed E-state index contributed by atoms with van der Waals surface area (Å²) in [6.45, 7) is 0. The molecular weight excluding hydrogens is 382 g/mol. The van der Waals surface area contributed by atoms with Gasteiger partial charge in [-0.15, -0.1) is 0 Å². The van der Waals surface area contributed by atoms with E-state index in [0.29, 0.717) is 26.6 Å². The number of benzene rings is 1. The van der Waals surface area contributed by atoms with E-state index in [1.807, 2.05) is 6.07 Å². The second kappa shape index (κ2) is 5.85. The monoisotopic (exact) mass is 384 g/mol. The summed E-state index contributed by atoms with van der Waals surface area (Å²) in [6, 6.07) is 6.93. The summed E-state index contributed by atoms with van der Waals surface area (Å²) in [5.74, 6) is 0.398. The van der Waals surface area contributed by atoms with E-state index in [1.165, 1.54) is 6.07 Å². The fourth-order valence-electron chi connectivity index (χ4n) is 1.25. The Bertz CT molecular complexity index is 604. The zero-order valence-electron chi connectivity index (χ0n) is 8.65. The zero-order valence-corrected chi connectivity index (χ0v) is 13.3. The van der Waals surface area contributed by atoms with Crippen LogP contribution in [0.25, 0.3) is 0 Å². The highest BCUT2D eigenvalue weighted by Gasteiger charge is 2.09. The first-order valence-corrected chi connectivity index (χ1v) is 7.01. The van der Waals surface area contributed by atoms with Crippen LogP contribution in [0.15, 0.2) is 28.7 Å². The summed E-state index contributed by atoms with van der Waals surface area (Å²) in [7, 11) is 0. The fourth-order valence-corrected chi connectivity index (χ4v) is 2.52. The van der Waals surface area contributed by atoms with Crippen LogP contribution in [0.2, 0.25) is 20.2 Å². The Morgan fingerprint density at radius 1 is 0.944 bits per heavy atom. The normalized spacial score (nSPS) is 10.5. The molecule has 1 aromatic heterocycles. The molecule has 2 nitrogen and oxygen atoms in total. The van der Waals surface area contributed by atoms with Crippen LogP contribution in [0.1, 0.15) is 0 Å². The molecule has 0 fully saturated rings. The van der Waals surface area contributed by atoms with Gasteiger partial charge in [-0.05, 0) is 24.3 Å². The number of aromatic nitrogens is 1. The summed E-state index contributed by atoms with van der Waals surface area (Å²) < 4.78 is 0.881.